The molecule has 2 nitrogen and oxygen atoms in total. The third kappa shape index (κ3) is 4.14. The number of halogens is 8. The van der Waals surface area contributed by atoms with Gasteiger partial charge in [0.25, 0.3) is 0 Å². The minimum Gasteiger partial charge on any atom is -0.452 e. The molecule has 0 rings (SSSR count). The maximum Gasteiger partial charge on any atom is 0.459 e. The molecule has 0 saturated heterocycles. The lowest BCUT2D eigenvalue weighted by Crippen LogP contribution is -2.52. The van der Waals surface area contributed by atoms with Crippen molar-refractivity contribution in [2.24, 2.45) is 0 Å². The van der Waals surface area contributed by atoms with E-state index in [0.29, 0.717) is 0 Å². The average molecular weight is 382 g/mol. The molecule has 0 radical (unpaired) electrons. The topological polar surface area (TPSA) is 26.3 Å². The number of ether oxygens (including phenoxy) is 1. The molecule has 0 aliphatic heterocycles. The molecule has 0 spiro atoms. The quantitative estimate of drug-likeness (QED) is 0.322. The molecule has 0 aromatic carbocycles. The molecule has 0 amide bonds. The van der Waals surface area contributed by atoms with Crippen molar-refractivity contribution in [1.29, 1.82) is 0 Å². The van der Waals surface area contributed by atoms with E-state index in [1.807, 2.05) is 0 Å². The summed E-state index contributed by atoms with van der Waals surface area (Å²) >= 11 is 1.03. The van der Waals surface area contributed by atoms with Gasteiger partial charge in [0.05, 0.1) is 6.42 Å². The van der Waals surface area contributed by atoms with Gasteiger partial charge >= 0.3 is 24.0 Å². The Bertz CT molecular complexity index is 288. The molecule has 102 valence electrons. The first kappa shape index (κ1) is 16.7. The summed E-state index contributed by atoms with van der Waals surface area (Å²) in [7, 11) is 0. The Balaban J connectivity index is 4.84. The molecule has 1 atom stereocenters. The van der Waals surface area contributed by atoms with Gasteiger partial charge < -0.3 is 4.74 Å². The molecule has 0 heterocycles. The number of carbonyl (C=O) groups excluding carboxylic acids is 1. The second-order valence-corrected chi connectivity index (χ2v) is 4.39. The Kier molecular flexibility index (Phi) is 5.06. The van der Waals surface area contributed by atoms with E-state index >= 15 is 0 Å². The van der Waals surface area contributed by atoms with Gasteiger partial charge in [-0.25, -0.2) is 0 Å². The third-order valence-electron chi connectivity index (χ3n) is 1.53. The van der Waals surface area contributed by atoms with Crippen LogP contribution in [-0.2, 0) is 9.53 Å². The van der Waals surface area contributed by atoms with Crippen molar-refractivity contribution in [3.8, 4) is 0 Å². The Hall–Kier alpha value is -0.290. The van der Waals surface area contributed by atoms with Crippen LogP contribution in [0.4, 0.5) is 30.7 Å². The highest BCUT2D eigenvalue weighted by molar-refractivity contribution is 14.1. The fourth-order valence-electron chi connectivity index (χ4n) is 0.759. The summed E-state index contributed by atoms with van der Waals surface area (Å²) in [5, 5.41) is 0. The van der Waals surface area contributed by atoms with Gasteiger partial charge in [-0.1, -0.05) is 0 Å². The van der Waals surface area contributed by atoms with Crippen molar-refractivity contribution in [2.75, 3.05) is 0 Å². The van der Waals surface area contributed by atoms with Gasteiger partial charge in [0.1, 0.15) is 0 Å². The zero-order chi connectivity index (χ0) is 14.1. The first-order valence-corrected chi connectivity index (χ1v) is 5.19. The maximum absolute atomic E-state index is 12.7. The minimum absolute atomic E-state index is 0.811. The number of carbonyl (C=O) groups is 1. The van der Waals surface area contributed by atoms with E-state index in [-0.39, 0.29) is 0 Å². The molecule has 0 saturated carbocycles. The molecule has 0 fully saturated rings. The molecule has 1 unspecified atom stereocenters. The first-order chi connectivity index (χ1) is 7.31. The van der Waals surface area contributed by atoms with Gasteiger partial charge in [-0.2, -0.15) is 30.7 Å². The van der Waals surface area contributed by atoms with Gasteiger partial charge in [0.15, 0.2) is 4.11 Å². The van der Waals surface area contributed by atoms with Crippen LogP contribution in [0.15, 0.2) is 0 Å². The summed E-state index contributed by atoms with van der Waals surface area (Å²) < 4.78 is 87.6. The van der Waals surface area contributed by atoms with Crippen LogP contribution in [0.3, 0.4) is 0 Å². The van der Waals surface area contributed by atoms with Crippen LogP contribution in [0.5, 0.6) is 0 Å². The first-order valence-electron chi connectivity index (χ1n) is 3.95. The maximum atomic E-state index is 12.7. The molecule has 0 aliphatic carbocycles. The Morgan fingerprint density at radius 3 is 1.88 bits per heavy atom. The predicted molar refractivity (Wildman–Crippen MR) is 50.1 cm³/mol. The molecule has 17 heavy (non-hydrogen) atoms. The summed E-state index contributed by atoms with van der Waals surface area (Å²) in [6.07, 6.45) is -8.30. The van der Waals surface area contributed by atoms with Crippen LogP contribution >= 0.6 is 22.6 Å². The van der Waals surface area contributed by atoms with Crippen LogP contribution in [-0.4, -0.2) is 28.1 Å². The highest BCUT2D eigenvalue weighted by Gasteiger charge is 2.73. The van der Waals surface area contributed by atoms with E-state index in [2.05, 4.69) is 4.74 Å². The van der Waals surface area contributed by atoms with E-state index in [1.54, 1.807) is 0 Å². The Morgan fingerprint density at radius 2 is 1.59 bits per heavy atom. The number of hydrogen-bond donors (Lipinski definition) is 0. The van der Waals surface area contributed by atoms with Crippen LogP contribution < -0.4 is 0 Å². The molecule has 0 bridgehead atoms. The highest BCUT2D eigenvalue weighted by atomic mass is 127. The molecule has 0 aliphatic rings. The number of esters is 1. The fourth-order valence-corrected chi connectivity index (χ4v) is 1.67. The average Bonchev–Trinajstić information content (AvgIpc) is 1.97. The lowest BCUT2D eigenvalue weighted by Gasteiger charge is -2.29. The number of hydrogen-bond acceptors (Lipinski definition) is 2. The van der Waals surface area contributed by atoms with Crippen LogP contribution in [0, 0.1) is 0 Å². The highest BCUT2D eigenvalue weighted by Crippen LogP contribution is 2.49. The van der Waals surface area contributed by atoms with Gasteiger partial charge in [-0.05, 0) is 22.6 Å². The third-order valence-corrected chi connectivity index (χ3v) is 2.22. The monoisotopic (exact) mass is 382 g/mol. The molecular weight excluding hydrogens is 376 g/mol. The number of alkyl halides is 8. The van der Waals surface area contributed by atoms with E-state index in [0.717, 1.165) is 29.5 Å². The normalized spacial score (nSPS) is 15.6. The lowest BCUT2D eigenvalue weighted by molar-refractivity contribution is -0.356. The second kappa shape index (κ2) is 5.14. The van der Waals surface area contributed by atoms with Crippen molar-refractivity contribution in [3.05, 3.63) is 0 Å². The van der Waals surface area contributed by atoms with Crippen molar-refractivity contribution >= 4 is 28.6 Å². The van der Waals surface area contributed by atoms with Gasteiger partial charge in [-0.15, -0.1) is 0 Å². The van der Waals surface area contributed by atoms with Crippen LogP contribution in [0.25, 0.3) is 0 Å². The summed E-state index contributed by atoms with van der Waals surface area (Å²) in [5.41, 5.74) is 0. The van der Waals surface area contributed by atoms with Crippen LogP contribution in [0.1, 0.15) is 13.3 Å². The van der Waals surface area contributed by atoms with Crippen LogP contribution in [0.2, 0.25) is 0 Å². The number of rotatable bonds is 4. The van der Waals surface area contributed by atoms with Crippen molar-refractivity contribution in [3.63, 3.8) is 0 Å². The predicted octanol–water partition coefficient (Wildman–Crippen LogP) is 3.53. The SMILES string of the molecule is CC(=O)OC(I)CC(F)(F)C(F)(F)C(F)(F)F. The van der Waals surface area contributed by atoms with Crippen molar-refractivity contribution < 1.29 is 40.3 Å². The van der Waals surface area contributed by atoms with E-state index in [4.69, 9.17) is 0 Å². The van der Waals surface area contributed by atoms with Gasteiger partial charge in [-0.3, -0.25) is 4.79 Å². The second-order valence-electron chi connectivity index (χ2n) is 3.00. The van der Waals surface area contributed by atoms with Gasteiger partial charge in [0.2, 0.25) is 0 Å². The standard InChI is InChI=1S/C7H6F7IO2/c1-3(16)17-4(15)2-5(8,9)6(10,11)7(12,13)14/h4H,2H2,1H3. The Labute approximate surface area is 105 Å². The van der Waals surface area contributed by atoms with Crippen molar-refractivity contribution in [2.45, 2.75) is 35.5 Å². The van der Waals surface area contributed by atoms with Crippen molar-refractivity contribution in [1.82, 2.24) is 0 Å². The fraction of sp³-hybridized carbons (Fsp3) is 0.857. The van der Waals surface area contributed by atoms with E-state index in [9.17, 15) is 35.5 Å². The molecule has 0 aromatic heterocycles. The minimum atomic E-state index is -6.37. The molecule has 0 aromatic rings. The summed E-state index contributed by atoms with van der Waals surface area (Å²) in [5.74, 6) is -12.6. The summed E-state index contributed by atoms with van der Waals surface area (Å²) in [4.78, 5) is 10.3. The summed E-state index contributed by atoms with van der Waals surface area (Å²) in [6, 6.07) is 0. The molecule has 10 heteroatoms. The molecular formula is C7H6F7IO2. The summed E-state index contributed by atoms with van der Waals surface area (Å²) in [6.45, 7) is 0.811. The zero-order valence-electron chi connectivity index (χ0n) is 8.12. The van der Waals surface area contributed by atoms with Gasteiger partial charge in [0, 0.05) is 6.92 Å². The largest absolute Gasteiger partial charge is 0.459 e. The smallest absolute Gasteiger partial charge is 0.452 e. The zero-order valence-corrected chi connectivity index (χ0v) is 10.3. The lowest BCUT2D eigenvalue weighted by atomic mass is 10.1. The van der Waals surface area contributed by atoms with E-state index in [1.165, 1.54) is 0 Å². The van der Waals surface area contributed by atoms with E-state index < -0.39 is 34.5 Å². The Morgan fingerprint density at radius 1 is 1.18 bits per heavy atom. The molecule has 0 N–H and O–H groups in total.